The zero-order chi connectivity index (χ0) is 21.2. The van der Waals surface area contributed by atoms with Crippen molar-refractivity contribution >= 4 is 11.6 Å². The van der Waals surface area contributed by atoms with Crippen molar-refractivity contribution in [2.24, 2.45) is 5.92 Å². The minimum atomic E-state index is -0.213. The predicted octanol–water partition coefficient (Wildman–Crippen LogP) is 5.99. The number of amides is 1. The molecule has 0 aliphatic rings. The maximum absolute atomic E-state index is 12.9. The topological polar surface area (TPSA) is 47.6 Å². The fraction of sp³-hybridized carbons (Fsp3) is 0.269. The van der Waals surface area contributed by atoms with E-state index in [0.717, 1.165) is 12.8 Å². The molecular formula is C26H29NO3. The smallest absolute Gasteiger partial charge is 0.259 e. The molecular weight excluding hydrogens is 374 g/mol. The lowest BCUT2D eigenvalue weighted by molar-refractivity contribution is 0.102. The molecule has 0 aromatic heterocycles. The lowest BCUT2D eigenvalue weighted by Crippen LogP contribution is -2.15. The summed E-state index contributed by atoms with van der Waals surface area (Å²) in [6.45, 7) is 5.30. The van der Waals surface area contributed by atoms with E-state index < -0.39 is 0 Å². The van der Waals surface area contributed by atoms with Gasteiger partial charge in [0.15, 0.2) is 0 Å². The molecule has 3 aromatic rings. The molecule has 0 saturated heterocycles. The van der Waals surface area contributed by atoms with E-state index in [-0.39, 0.29) is 5.91 Å². The maximum atomic E-state index is 12.9. The largest absolute Gasteiger partial charge is 0.492 e. The van der Waals surface area contributed by atoms with Crippen LogP contribution >= 0.6 is 0 Å². The molecule has 30 heavy (non-hydrogen) atoms. The SMILES string of the molecule is CC(C)COc1ccccc1C(=O)Nc1ccccc1OCCCc1ccccc1. The first-order valence-electron chi connectivity index (χ1n) is 10.4. The van der Waals surface area contributed by atoms with Gasteiger partial charge in [-0.25, -0.2) is 0 Å². The molecule has 3 rings (SSSR count). The molecule has 0 aliphatic carbocycles. The lowest BCUT2D eigenvalue weighted by Gasteiger charge is -2.15. The van der Waals surface area contributed by atoms with Crippen LogP contribution in [0.5, 0.6) is 11.5 Å². The Hall–Kier alpha value is -3.27. The van der Waals surface area contributed by atoms with Gasteiger partial charge in [-0.2, -0.15) is 0 Å². The normalized spacial score (nSPS) is 10.6. The standard InChI is InChI=1S/C26H29NO3/c1-20(2)19-30-24-16-8-6-14-22(24)26(28)27-23-15-7-9-17-25(23)29-18-10-13-21-11-4-3-5-12-21/h3-9,11-12,14-17,20H,10,13,18-19H2,1-2H3,(H,27,28). The van der Waals surface area contributed by atoms with Crippen molar-refractivity contribution in [2.45, 2.75) is 26.7 Å². The van der Waals surface area contributed by atoms with E-state index >= 15 is 0 Å². The highest BCUT2D eigenvalue weighted by atomic mass is 16.5. The summed E-state index contributed by atoms with van der Waals surface area (Å²) >= 11 is 0. The second kappa shape index (κ2) is 11.1. The zero-order valence-electron chi connectivity index (χ0n) is 17.6. The van der Waals surface area contributed by atoms with Crippen molar-refractivity contribution in [3.63, 3.8) is 0 Å². The van der Waals surface area contributed by atoms with Gasteiger partial charge >= 0.3 is 0 Å². The first-order valence-corrected chi connectivity index (χ1v) is 10.4. The van der Waals surface area contributed by atoms with Gasteiger partial charge in [-0.05, 0) is 48.6 Å². The quantitative estimate of drug-likeness (QED) is 0.423. The van der Waals surface area contributed by atoms with Crippen molar-refractivity contribution < 1.29 is 14.3 Å². The number of carbonyl (C=O) groups excluding carboxylic acids is 1. The Morgan fingerprint density at radius 1 is 0.833 bits per heavy atom. The molecule has 4 nitrogen and oxygen atoms in total. The van der Waals surface area contributed by atoms with E-state index in [1.165, 1.54) is 5.56 Å². The molecule has 0 radical (unpaired) electrons. The summed E-state index contributed by atoms with van der Waals surface area (Å²) in [4.78, 5) is 12.9. The molecule has 0 atom stereocenters. The van der Waals surface area contributed by atoms with Gasteiger partial charge in [0.05, 0.1) is 24.5 Å². The highest BCUT2D eigenvalue weighted by molar-refractivity contribution is 6.06. The van der Waals surface area contributed by atoms with E-state index in [9.17, 15) is 4.79 Å². The van der Waals surface area contributed by atoms with Crippen LogP contribution in [-0.2, 0) is 6.42 Å². The summed E-state index contributed by atoms with van der Waals surface area (Å²) in [5, 5.41) is 2.97. The van der Waals surface area contributed by atoms with E-state index in [4.69, 9.17) is 9.47 Å². The molecule has 0 unspecified atom stereocenters. The van der Waals surface area contributed by atoms with Crippen LogP contribution in [0.1, 0.15) is 36.2 Å². The maximum Gasteiger partial charge on any atom is 0.259 e. The van der Waals surface area contributed by atoms with Crippen LogP contribution in [0.15, 0.2) is 78.9 Å². The number of hydrogen-bond donors (Lipinski definition) is 1. The molecule has 0 saturated carbocycles. The Kier molecular flexibility index (Phi) is 7.90. The van der Waals surface area contributed by atoms with Crippen molar-refractivity contribution in [3.05, 3.63) is 90.0 Å². The summed E-state index contributed by atoms with van der Waals surface area (Å²) in [5.74, 6) is 1.42. The van der Waals surface area contributed by atoms with Crippen LogP contribution in [0, 0.1) is 5.92 Å². The van der Waals surface area contributed by atoms with Crippen LogP contribution in [0.4, 0.5) is 5.69 Å². The van der Waals surface area contributed by atoms with Crippen LogP contribution in [0.2, 0.25) is 0 Å². The zero-order valence-corrected chi connectivity index (χ0v) is 17.6. The Morgan fingerprint density at radius 2 is 1.50 bits per heavy atom. The van der Waals surface area contributed by atoms with E-state index in [1.807, 2.05) is 60.7 Å². The third-order valence-electron chi connectivity index (χ3n) is 4.55. The minimum absolute atomic E-state index is 0.213. The molecule has 0 heterocycles. The van der Waals surface area contributed by atoms with Gasteiger partial charge in [0.1, 0.15) is 11.5 Å². The van der Waals surface area contributed by atoms with Crippen LogP contribution < -0.4 is 14.8 Å². The van der Waals surface area contributed by atoms with Gasteiger partial charge in [0.2, 0.25) is 0 Å². The second-order valence-corrected chi connectivity index (χ2v) is 7.59. The number of benzene rings is 3. The molecule has 4 heteroatoms. The summed E-state index contributed by atoms with van der Waals surface area (Å²) in [7, 11) is 0. The van der Waals surface area contributed by atoms with Crippen molar-refractivity contribution in [1.82, 2.24) is 0 Å². The van der Waals surface area contributed by atoms with Crippen molar-refractivity contribution in [1.29, 1.82) is 0 Å². The number of hydrogen-bond acceptors (Lipinski definition) is 3. The second-order valence-electron chi connectivity index (χ2n) is 7.59. The number of anilines is 1. The molecule has 1 N–H and O–H groups in total. The monoisotopic (exact) mass is 403 g/mol. The Morgan fingerprint density at radius 3 is 2.27 bits per heavy atom. The van der Waals surface area contributed by atoms with Gasteiger partial charge in [-0.3, -0.25) is 4.79 Å². The number of aryl methyl sites for hydroxylation is 1. The third-order valence-corrected chi connectivity index (χ3v) is 4.55. The van der Waals surface area contributed by atoms with Crippen LogP contribution in [-0.4, -0.2) is 19.1 Å². The van der Waals surface area contributed by atoms with Gasteiger partial charge in [-0.15, -0.1) is 0 Å². The van der Waals surface area contributed by atoms with E-state index in [2.05, 4.69) is 31.3 Å². The highest BCUT2D eigenvalue weighted by Gasteiger charge is 2.15. The fourth-order valence-electron chi connectivity index (χ4n) is 3.03. The number of nitrogens with one attached hydrogen (secondary N) is 1. The average Bonchev–Trinajstić information content (AvgIpc) is 2.77. The average molecular weight is 404 g/mol. The summed E-state index contributed by atoms with van der Waals surface area (Å²) in [5.41, 5.74) is 2.46. The van der Waals surface area contributed by atoms with E-state index in [0.29, 0.717) is 41.9 Å². The molecule has 0 spiro atoms. The summed E-state index contributed by atoms with van der Waals surface area (Å²) in [6.07, 6.45) is 1.86. The van der Waals surface area contributed by atoms with Gasteiger partial charge in [-0.1, -0.05) is 68.4 Å². The predicted molar refractivity (Wildman–Crippen MR) is 121 cm³/mol. The first kappa shape index (κ1) is 21.4. The molecule has 156 valence electrons. The van der Waals surface area contributed by atoms with E-state index in [1.54, 1.807) is 6.07 Å². The number of ether oxygens (including phenoxy) is 2. The molecule has 0 aliphatic heterocycles. The first-order chi connectivity index (χ1) is 14.6. The number of carbonyl (C=O) groups is 1. The van der Waals surface area contributed by atoms with Gasteiger partial charge in [0, 0.05) is 0 Å². The lowest BCUT2D eigenvalue weighted by atomic mass is 10.1. The summed E-state index contributed by atoms with van der Waals surface area (Å²) < 4.78 is 11.8. The molecule has 0 bridgehead atoms. The molecule has 3 aromatic carbocycles. The van der Waals surface area contributed by atoms with Crippen molar-refractivity contribution in [3.8, 4) is 11.5 Å². The minimum Gasteiger partial charge on any atom is -0.492 e. The summed E-state index contributed by atoms with van der Waals surface area (Å²) in [6, 6.07) is 25.2. The Labute approximate surface area is 178 Å². The number of para-hydroxylation sites is 3. The highest BCUT2D eigenvalue weighted by Crippen LogP contribution is 2.26. The Balaban J connectivity index is 1.61. The van der Waals surface area contributed by atoms with Crippen LogP contribution in [0.25, 0.3) is 0 Å². The van der Waals surface area contributed by atoms with Crippen molar-refractivity contribution in [2.75, 3.05) is 18.5 Å². The fourth-order valence-corrected chi connectivity index (χ4v) is 3.03. The van der Waals surface area contributed by atoms with Crippen LogP contribution in [0.3, 0.4) is 0 Å². The number of rotatable bonds is 10. The van der Waals surface area contributed by atoms with Gasteiger partial charge in [0.25, 0.3) is 5.91 Å². The van der Waals surface area contributed by atoms with Gasteiger partial charge < -0.3 is 14.8 Å². The molecule has 1 amide bonds. The molecule has 0 fully saturated rings. The Bertz CT molecular complexity index is 938. The third kappa shape index (κ3) is 6.38.